The van der Waals surface area contributed by atoms with E-state index in [2.05, 4.69) is 6.58 Å². The minimum Gasteiger partial charge on any atom is -0.327 e. The maximum atomic E-state index is 11.3. The van der Waals surface area contributed by atoms with Crippen LogP contribution in [0.1, 0.15) is 0 Å². The first-order chi connectivity index (χ1) is 7.04. The second-order valence-electron chi connectivity index (χ2n) is 3.06. The van der Waals surface area contributed by atoms with Crippen molar-refractivity contribution in [1.29, 1.82) is 0 Å². The molecule has 6 heteroatoms. The van der Waals surface area contributed by atoms with Crippen LogP contribution in [-0.2, 0) is 6.54 Å². The van der Waals surface area contributed by atoms with Gasteiger partial charge in [0.2, 0.25) is 0 Å². The van der Waals surface area contributed by atoms with Crippen LogP contribution in [0, 0.1) is 10.1 Å². The molecule has 0 fully saturated rings. The van der Waals surface area contributed by atoms with E-state index in [9.17, 15) is 14.9 Å². The van der Waals surface area contributed by atoms with Crippen molar-refractivity contribution >= 4 is 5.69 Å². The smallest absolute Gasteiger partial charge is 0.285 e. The molecule has 0 aliphatic heterocycles. The van der Waals surface area contributed by atoms with E-state index in [1.165, 1.54) is 16.8 Å². The number of nitrogens with two attached hydrogens (primary N) is 1. The van der Waals surface area contributed by atoms with E-state index in [4.69, 9.17) is 5.73 Å². The van der Waals surface area contributed by atoms with Crippen molar-refractivity contribution in [2.45, 2.75) is 6.54 Å². The zero-order chi connectivity index (χ0) is 11.4. The van der Waals surface area contributed by atoms with E-state index in [1.807, 2.05) is 0 Å². The van der Waals surface area contributed by atoms with E-state index in [1.54, 1.807) is 0 Å². The predicted octanol–water partition coefficient (Wildman–Crippen LogP) is 0.271. The van der Waals surface area contributed by atoms with Crippen LogP contribution in [-0.4, -0.2) is 16.0 Å². The molecule has 0 bridgehead atoms. The maximum Gasteiger partial charge on any atom is 0.285 e. The molecule has 2 N–H and O–H groups in total. The highest BCUT2D eigenvalue weighted by molar-refractivity contribution is 5.25. The number of aromatic nitrogens is 1. The van der Waals surface area contributed by atoms with E-state index >= 15 is 0 Å². The molecular formula is C9H11N3O3. The van der Waals surface area contributed by atoms with Gasteiger partial charge in [0.25, 0.3) is 11.2 Å². The Bertz CT molecular complexity index is 450. The van der Waals surface area contributed by atoms with Gasteiger partial charge in [-0.1, -0.05) is 6.58 Å². The highest BCUT2D eigenvalue weighted by Crippen LogP contribution is 2.07. The van der Waals surface area contributed by atoms with Gasteiger partial charge in [-0.25, -0.2) is 0 Å². The number of hydrogen-bond donors (Lipinski definition) is 1. The molecule has 0 atom stereocenters. The second kappa shape index (κ2) is 4.52. The van der Waals surface area contributed by atoms with Crippen molar-refractivity contribution in [1.82, 2.24) is 4.57 Å². The van der Waals surface area contributed by atoms with Crippen LogP contribution in [0.15, 0.2) is 35.3 Å². The summed E-state index contributed by atoms with van der Waals surface area (Å²) in [4.78, 5) is 21.2. The van der Waals surface area contributed by atoms with Gasteiger partial charge in [-0.2, -0.15) is 0 Å². The van der Waals surface area contributed by atoms with Gasteiger partial charge in [0.15, 0.2) is 0 Å². The van der Waals surface area contributed by atoms with Crippen molar-refractivity contribution in [3.63, 3.8) is 0 Å². The molecule has 0 unspecified atom stereocenters. The Morgan fingerprint density at radius 1 is 1.60 bits per heavy atom. The fourth-order valence-electron chi connectivity index (χ4n) is 1.06. The topological polar surface area (TPSA) is 91.2 Å². The van der Waals surface area contributed by atoms with Crippen LogP contribution in [0.4, 0.5) is 5.69 Å². The SMILES string of the molecule is C=C(CN)Cn1cc([N+](=O)[O-])ccc1=O. The summed E-state index contributed by atoms with van der Waals surface area (Å²) in [5.41, 5.74) is 5.52. The number of nitrogens with zero attached hydrogens (tertiary/aromatic N) is 2. The molecule has 0 amide bonds. The summed E-state index contributed by atoms with van der Waals surface area (Å²) in [7, 11) is 0. The monoisotopic (exact) mass is 209 g/mol. The summed E-state index contributed by atoms with van der Waals surface area (Å²) in [6, 6.07) is 2.33. The fourth-order valence-corrected chi connectivity index (χ4v) is 1.06. The molecule has 1 rings (SSSR count). The van der Waals surface area contributed by atoms with E-state index < -0.39 is 4.92 Å². The molecule has 0 aliphatic carbocycles. The summed E-state index contributed by atoms with van der Waals surface area (Å²) in [5, 5.41) is 10.5. The van der Waals surface area contributed by atoms with Gasteiger partial charge in [0, 0.05) is 25.2 Å². The normalized spacial score (nSPS) is 9.93. The lowest BCUT2D eigenvalue weighted by Gasteiger charge is -2.05. The van der Waals surface area contributed by atoms with Gasteiger partial charge in [-0.15, -0.1) is 0 Å². The van der Waals surface area contributed by atoms with Crippen molar-refractivity contribution in [2.24, 2.45) is 5.73 Å². The molecule has 80 valence electrons. The first-order valence-corrected chi connectivity index (χ1v) is 4.26. The molecule has 0 saturated heterocycles. The summed E-state index contributed by atoms with van der Waals surface area (Å²) in [6.07, 6.45) is 1.18. The summed E-state index contributed by atoms with van der Waals surface area (Å²) in [6.45, 7) is 4.08. The van der Waals surface area contributed by atoms with Gasteiger partial charge in [0.05, 0.1) is 11.1 Å². The zero-order valence-corrected chi connectivity index (χ0v) is 8.05. The van der Waals surface area contributed by atoms with Crippen molar-refractivity contribution in [2.75, 3.05) is 6.54 Å². The first kappa shape index (κ1) is 11.1. The van der Waals surface area contributed by atoms with Gasteiger partial charge < -0.3 is 10.3 Å². The lowest BCUT2D eigenvalue weighted by molar-refractivity contribution is -0.385. The molecule has 0 spiro atoms. The van der Waals surface area contributed by atoms with Crippen LogP contribution in [0.3, 0.4) is 0 Å². The third kappa shape index (κ3) is 2.75. The molecule has 0 aromatic carbocycles. The molecule has 1 aromatic heterocycles. The minimum absolute atomic E-state index is 0.126. The lowest BCUT2D eigenvalue weighted by atomic mass is 10.3. The van der Waals surface area contributed by atoms with E-state index in [0.29, 0.717) is 5.57 Å². The average Bonchev–Trinajstić information content (AvgIpc) is 2.20. The van der Waals surface area contributed by atoms with Crippen molar-refractivity contribution < 1.29 is 4.92 Å². The predicted molar refractivity (Wildman–Crippen MR) is 55.6 cm³/mol. The first-order valence-electron chi connectivity index (χ1n) is 4.26. The number of rotatable bonds is 4. The minimum atomic E-state index is -0.554. The lowest BCUT2D eigenvalue weighted by Crippen LogP contribution is -2.21. The maximum absolute atomic E-state index is 11.3. The van der Waals surface area contributed by atoms with Crippen LogP contribution < -0.4 is 11.3 Å². The molecule has 0 saturated carbocycles. The number of hydrogen-bond acceptors (Lipinski definition) is 4. The van der Waals surface area contributed by atoms with Crippen LogP contribution >= 0.6 is 0 Å². The molecule has 1 aromatic rings. The second-order valence-corrected chi connectivity index (χ2v) is 3.06. The fraction of sp³-hybridized carbons (Fsp3) is 0.222. The summed E-state index contributed by atoms with van der Waals surface area (Å²) < 4.78 is 1.22. The third-order valence-corrected chi connectivity index (χ3v) is 1.86. The van der Waals surface area contributed by atoms with Crippen LogP contribution in [0.25, 0.3) is 0 Å². The van der Waals surface area contributed by atoms with Crippen LogP contribution in [0.2, 0.25) is 0 Å². The van der Waals surface area contributed by atoms with Gasteiger partial charge in [-0.3, -0.25) is 14.9 Å². The van der Waals surface area contributed by atoms with Crippen molar-refractivity contribution in [3.05, 3.63) is 50.9 Å². The zero-order valence-electron chi connectivity index (χ0n) is 8.05. The quantitative estimate of drug-likeness (QED) is 0.437. The number of nitro groups is 1. The Morgan fingerprint density at radius 2 is 2.27 bits per heavy atom. The van der Waals surface area contributed by atoms with Crippen molar-refractivity contribution in [3.8, 4) is 0 Å². The highest BCUT2D eigenvalue weighted by atomic mass is 16.6. The molecule has 0 aliphatic rings. The Balaban J connectivity index is 3.06. The standard InChI is InChI=1S/C9H11N3O3/c1-7(4-10)5-11-6-8(12(14)15)2-3-9(11)13/h2-3,6H,1,4-5,10H2. The highest BCUT2D eigenvalue weighted by Gasteiger charge is 2.07. The Kier molecular flexibility index (Phi) is 3.35. The molecular weight excluding hydrogens is 198 g/mol. The largest absolute Gasteiger partial charge is 0.327 e. The van der Waals surface area contributed by atoms with Gasteiger partial charge in [-0.05, 0) is 5.57 Å². The molecule has 1 heterocycles. The summed E-state index contributed by atoms with van der Waals surface area (Å²) >= 11 is 0. The van der Waals surface area contributed by atoms with Gasteiger partial charge >= 0.3 is 0 Å². The number of pyridine rings is 1. The van der Waals surface area contributed by atoms with Crippen LogP contribution in [0.5, 0.6) is 0 Å². The van der Waals surface area contributed by atoms with E-state index in [-0.39, 0.29) is 24.3 Å². The molecule has 0 radical (unpaired) electrons. The molecule has 6 nitrogen and oxygen atoms in total. The third-order valence-electron chi connectivity index (χ3n) is 1.86. The Hall–Kier alpha value is -1.95. The Labute approximate surface area is 85.8 Å². The van der Waals surface area contributed by atoms with E-state index in [0.717, 1.165) is 6.07 Å². The Morgan fingerprint density at radius 3 is 2.80 bits per heavy atom. The van der Waals surface area contributed by atoms with Gasteiger partial charge in [0.1, 0.15) is 0 Å². The molecule has 15 heavy (non-hydrogen) atoms. The average molecular weight is 209 g/mol. The summed E-state index contributed by atoms with van der Waals surface area (Å²) in [5.74, 6) is 0.